The topological polar surface area (TPSA) is 113 Å². The fourth-order valence-corrected chi connectivity index (χ4v) is 4.31. The maximum absolute atomic E-state index is 11.6. The van der Waals surface area contributed by atoms with Crippen LogP contribution in [0.3, 0.4) is 0 Å². The van der Waals surface area contributed by atoms with Crippen molar-refractivity contribution in [2.45, 2.75) is 18.9 Å². The zero-order valence-electron chi connectivity index (χ0n) is 11.3. The number of nitrogens with one attached hydrogen (secondary N) is 2. The Balaban J connectivity index is 2.33. The molecule has 1 rings (SSSR count). The number of carboxylic acids is 1. The number of carboxylic acid groups (broad SMARTS) is 1. The van der Waals surface area contributed by atoms with Gasteiger partial charge >= 0.3 is 12.0 Å². The lowest BCUT2D eigenvalue weighted by Crippen LogP contribution is -2.47. The molecular weight excluding hydrogens is 304 g/mol. The standard InChI is InChI=1S/C11H20N2O5S2/c1-19-4-2-9(10(14)15)13-11(16)12-6-8-3-5-20(17,18)7-8/h8-9H,2-7H2,1H3,(H,14,15)(H2,12,13,16). The van der Waals surface area contributed by atoms with Gasteiger partial charge in [0.05, 0.1) is 11.5 Å². The van der Waals surface area contributed by atoms with Crippen molar-refractivity contribution < 1.29 is 23.1 Å². The maximum Gasteiger partial charge on any atom is 0.326 e. The van der Waals surface area contributed by atoms with Gasteiger partial charge in [0.1, 0.15) is 6.04 Å². The molecule has 0 aromatic rings. The number of hydrogen-bond acceptors (Lipinski definition) is 5. The number of carbonyl (C=O) groups is 2. The summed E-state index contributed by atoms with van der Waals surface area (Å²) in [7, 11) is -2.96. The van der Waals surface area contributed by atoms with Crippen LogP contribution in [0.15, 0.2) is 0 Å². The largest absolute Gasteiger partial charge is 0.480 e. The lowest BCUT2D eigenvalue weighted by molar-refractivity contribution is -0.139. The van der Waals surface area contributed by atoms with Crippen LogP contribution in [0.25, 0.3) is 0 Å². The average Bonchev–Trinajstić information content (AvgIpc) is 2.71. The Kier molecular flexibility index (Phi) is 6.60. The van der Waals surface area contributed by atoms with Gasteiger partial charge in [-0.15, -0.1) is 0 Å². The summed E-state index contributed by atoms with van der Waals surface area (Å²) >= 11 is 1.51. The Hall–Kier alpha value is -0.960. The highest BCUT2D eigenvalue weighted by Gasteiger charge is 2.28. The van der Waals surface area contributed by atoms with E-state index in [0.29, 0.717) is 18.6 Å². The molecule has 0 spiro atoms. The van der Waals surface area contributed by atoms with E-state index in [1.165, 1.54) is 11.8 Å². The summed E-state index contributed by atoms with van der Waals surface area (Å²) < 4.78 is 22.5. The highest BCUT2D eigenvalue weighted by molar-refractivity contribution is 7.98. The molecule has 3 N–H and O–H groups in total. The van der Waals surface area contributed by atoms with Gasteiger partial charge in [0.2, 0.25) is 0 Å². The summed E-state index contributed by atoms with van der Waals surface area (Å²) in [5.41, 5.74) is 0. The molecular formula is C11H20N2O5S2. The Labute approximate surface area is 122 Å². The van der Waals surface area contributed by atoms with Crippen LogP contribution in [0, 0.1) is 5.92 Å². The highest BCUT2D eigenvalue weighted by atomic mass is 32.2. The predicted molar refractivity (Wildman–Crippen MR) is 77.7 cm³/mol. The van der Waals surface area contributed by atoms with E-state index in [2.05, 4.69) is 10.6 Å². The van der Waals surface area contributed by atoms with E-state index in [-0.39, 0.29) is 24.0 Å². The number of sulfone groups is 1. The Bertz CT molecular complexity index is 452. The summed E-state index contributed by atoms with van der Waals surface area (Å²) in [4.78, 5) is 22.6. The van der Waals surface area contributed by atoms with Crippen molar-refractivity contribution in [3.63, 3.8) is 0 Å². The number of thioether (sulfide) groups is 1. The minimum Gasteiger partial charge on any atom is -0.480 e. The summed E-state index contributed by atoms with van der Waals surface area (Å²) in [6.45, 7) is 0.250. The fourth-order valence-electron chi connectivity index (χ4n) is 1.97. The molecule has 2 amide bonds. The van der Waals surface area contributed by atoms with E-state index in [1.807, 2.05) is 6.26 Å². The number of aliphatic carboxylic acids is 1. The first-order valence-corrected chi connectivity index (χ1v) is 9.52. The SMILES string of the molecule is CSCCC(NC(=O)NCC1CCS(=O)(=O)C1)C(=O)O. The molecule has 0 bridgehead atoms. The van der Waals surface area contributed by atoms with E-state index in [9.17, 15) is 18.0 Å². The predicted octanol–water partition coefficient (Wildman–Crippen LogP) is -0.0734. The van der Waals surface area contributed by atoms with Gasteiger partial charge in [-0.1, -0.05) is 0 Å². The van der Waals surface area contributed by atoms with Gasteiger partial charge in [-0.25, -0.2) is 18.0 Å². The molecule has 0 saturated carbocycles. The summed E-state index contributed by atoms with van der Waals surface area (Å²) in [5, 5.41) is 13.9. The monoisotopic (exact) mass is 324 g/mol. The van der Waals surface area contributed by atoms with Gasteiger partial charge in [-0.3, -0.25) is 0 Å². The van der Waals surface area contributed by atoms with Crippen molar-refractivity contribution in [1.82, 2.24) is 10.6 Å². The Morgan fingerprint density at radius 1 is 1.45 bits per heavy atom. The van der Waals surface area contributed by atoms with Crippen molar-refractivity contribution in [3.05, 3.63) is 0 Å². The second-order valence-corrected chi connectivity index (χ2v) is 8.01. The second-order valence-electron chi connectivity index (χ2n) is 4.80. The van der Waals surface area contributed by atoms with E-state index in [4.69, 9.17) is 5.11 Å². The van der Waals surface area contributed by atoms with Crippen LogP contribution in [0.1, 0.15) is 12.8 Å². The third-order valence-corrected chi connectivity index (χ3v) is 5.57. The third kappa shape index (κ3) is 6.00. The number of rotatable bonds is 7. The lowest BCUT2D eigenvalue weighted by Gasteiger charge is -2.16. The van der Waals surface area contributed by atoms with Crippen LogP contribution < -0.4 is 10.6 Å². The van der Waals surface area contributed by atoms with Crippen LogP contribution in [-0.4, -0.2) is 61.6 Å². The van der Waals surface area contributed by atoms with Crippen LogP contribution in [0.4, 0.5) is 4.79 Å². The molecule has 9 heteroatoms. The van der Waals surface area contributed by atoms with E-state index >= 15 is 0 Å². The zero-order valence-corrected chi connectivity index (χ0v) is 12.9. The summed E-state index contributed by atoms with van der Waals surface area (Å²) in [6, 6.07) is -1.49. The smallest absolute Gasteiger partial charge is 0.326 e. The second kappa shape index (κ2) is 7.72. The zero-order chi connectivity index (χ0) is 15.2. The van der Waals surface area contributed by atoms with Gasteiger partial charge < -0.3 is 15.7 Å². The van der Waals surface area contributed by atoms with Gasteiger partial charge in [-0.2, -0.15) is 11.8 Å². The minimum absolute atomic E-state index is 0.0831. The minimum atomic E-state index is -2.96. The molecule has 1 saturated heterocycles. The molecule has 1 fully saturated rings. The van der Waals surface area contributed by atoms with Gasteiger partial charge in [-0.05, 0) is 30.8 Å². The van der Waals surface area contributed by atoms with Crippen molar-refractivity contribution in [2.75, 3.05) is 30.1 Å². The van der Waals surface area contributed by atoms with Crippen LogP contribution >= 0.6 is 11.8 Å². The van der Waals surface area contributed by atoms with Crippen LogP contribution in [0.5, 0.6) is 0 Å². The van der Waals surface area contributed by atoms with Gasteiger partial charge in [0.15, 0.2) is 9.84 Å². The molecule has 7 nitrogen and oxygen atoms in total. The van der Waals surface area contributed by atoms with Crippen molar-refractivity contribution >= 4 is 33.6 Å². The van der Waals surface area contributed by atoms with Crippen LogP contribution in [0.2, 0.25) is 0 Å². The lowest BCUT2D eigenvalue weighted by atomic mass is 10.1. The quantitative estimate of drug-likeness (QED) is 0.604. The molecule has 0 aromatic heterocycles. The maximum atomic E-state index is 11.6. The van der Waals surface area contributed by atoms with Crippen LogP contribution in [-0.2, 0) is 14.6 Å². The average molecular weight is 324 g/mol. The number of carbonyl (C=O) groups excluding carboxylic acids is 1. The molecule has 1 aliphatic rings. The molecule has 1 heterocycles. The normalized spacial score (nSPS) is 22.1. The Morgan fingerprint density at radius 2 is 2.15 bits per heavy atom. The summed E-state index contributed by atoms with van der Waals surface area (Å²) in [6.07, 6.45) is 2.75. The third-order valence-electron chi connectivity index (χ3n) is 3.09. The molecule has 2 unspecified atom stereocenters. The first kappa shape index (κ1) is 17.1. The molecule has 116 valence electrons. The molecule has 20 heavy (non-hydrogen) atoms. The number of urea groups is 1. The molecule has 2 atom stereocenters. The Morgan fingerprint density at radius 3 is 2.65 bits per heavy atom. The number of hydrogen-bond donors (Lipinski definition) is 3. The van der Waals surface area contributed by atoms with E-state index < -0.39 is 27.9 Å². The number of amides is 2. The first-order chi connectivity index (χ1) is 9.34. The summed E-state index contributed by atoms with van der Waals surface area (Å²) in [5.74, 6) is -0.273. The van der Waals surface area contributed by atoms with Crippen molar-refractivity contribution in [2.24, 2.45) is 5.92 Å². The highest BCUT2D eigenvalue weighted by Crippen LogP contribution is 2.17. The first-order valence-electron chi connectivity index (χ1n) is 6.30. The molecule has 0 aromatic carbocycles. The molecule has 1 aliphatic heterocycles. The van der Waals surface area contributed by atoms with Gasteiger partial charge in [0.25, 0.3) is 0 Å². The van der Waals surface area contributed by atoms with Gasteiger partial charge in [0, 0.05) is 6.54 Å². The molecule has 0 radical (unpaired) electrons. The van der Waals surface area contributed by atoms with E-state index in [1.54, 1.807) is 0 Å². The fraction of sp³-hybridized carbons (Fsp3) is 0.818. The van der Waals surface area contributed by atoms with Crippen molar-refractivity contribution in [1.29, 1.82) is 0 Å². The molecule has 0 aliphatic carbocycles. The van der Waals surface area contributed by atoms with Crippen molar-refractivity contribution in [3.8, 4) is 0 Å². The van der Waals surface area contributed by atoms with E-state index in [0.717, 1.165) is 0 Å².